The Kier molecular flexibility index (Phi) is 2.73. The van der Waals surface area contributed by atoms with E-state index in [4.69, 9.17) is 0 Å². The Balaban J connectivity index is 2.72. The maximum absolute atomic E-state index is 4.11. The lowest BCUT2D eigenvalue weighted by molar-refractivity contribution is 0.449. The number of likely N-dealkylation sites (tertiary alicyclic amines) is 1. The summed E-state index contributed by atoms with van der Waals surface area (Å²) < 4.78 is 4.63. The SMILES string of the molecule is C=CN1CC(C)C(C)(I=C)C1. The predicted molar refractivity (Wildman–Crippen MR) is 60.5 cm³/mol. The summed E-state index contributed by atoms with van der Waals surface area (Å²) in [4.78, 5) is 2.32. The van der Waals surface area contributed by atoms with Crippen LogP contribution in [0, 0.1) is 5.92 Å². The van der Waals surface area contributed by atoms with E-state index in [1.807, 2.05) is 6.20 Å². The van der Waals surface area contributed by atoms with Gasteiger partial charge in [-0.25, -0.2) is 0 Å². The molecule has 1 aliphatic heterocycles. The van der Waals surface area contributed by atoms with E-state index in [2.05, 4.69) is 29.8 Å². The molecule has 1 saturated heterocycles. The fraction of sp³-hybridized carbons (Fsp3) is 0.667. The van der Waals surface area contributed by atoms with Crippen molar-refractivity contribution in [2.24, 2.45) is 5.92 Å². The Labute approximate surface area is 79.2 Å². The maximum Gasteiger partial charge on any atom is 0.0358 e. The van der Waals surface area contributed by atoms with E-state index in [1.54, 1.807) is 0 Å². The molecule has 0 aromatic rings. The van der Waals surface area contributed by atoms with Gasteiger partial charge < -0.3 is 4.90 Å². The van der Waals surface area contributed by atoms with E-state index in [9.17, 15) is 0 Å². The molecule has 0 aliphatic carbocycles. The molecule has 0 saturated carbocycles. The van der Waals surface area contributed by atoms with Gasteiger partial charge in [-0.15, -0.1) is 20.7 Å². The lowest BCUT2D eigenvalue weighted by Gasteiger charge is -2.21. The lowest BCUT2D eigenvalue weighted by Crippen LogP contribution is -2.25. The van der Waals surface area contributed by atoms with Crippen LogP contribution in [0.15, 0.2) is 12.8 Å². The number of rotatable bonds is 2. The topological polar surface area (TPSA) is 3.24 Å². The van der Waals surface area contributed by atoms with Crippen LogP contribution in [0.4, 0.5) is 0 Å². The van der Waals surface area contributed by atoms with E-state index in [0.29, 0.717) is 3.42 Å². The van der Waals surface area contributed by atoms with Gasteiger partial charge in [-0.1, -0.05) is 18.0 Å². The van der Waals surface area contributed by atoms with Crippen molar-refractivity contribution in [3.05, 3.63) is 12.8 Å². The molecule has 0 aromatic heterocycles. The van der Waals surface area contributed by atoms with Crippen molar-refractivity contribution in [2.45, 2.75) is 17.3 Å². The fourth-order valence-corrected chi connectivity index (χ4v) is 3.10. The van der Waals surface area contributed by atoms with Crippen LogP contribution in [-0.2, 0) is 0 Å². The third-order valence-electron chi connectivity index (χ3n) is 2.61. The number of nitrogens with zero attached hydrogens (tertiary/aromatic N) is 1. The van der Waals surface area contributed by atoms with Crippen molar-refractivity contribution >= 4 is 25.2 Å². The van der Waals surface area contributed by atoms with Crippen molar-refractivity contribution in [3.63, 3.8) is 0 Å². The Morgan fingerprint density at radius 2 is 2.36 bits per heavy atom. The minimum atomic E-state index is 0.107. The smallest absolute Gasteiger partial charge is 0.0358 e. The van der Waals surface area contributed by atoms with Crippen LogP contribution >= 0.6 is 20.7 Å². The highest BCUT2D eigenvalue weighted by Gasteiger charge is 2.37. The molecule has 0 aromatic carbocycles. The first-order valence-corrected chi connectivity index (χ1v) is 6.49. The molecule has 2 heteroatoms. The first-order valence-electron chi connectivity index (χ1n) is 3.88. The largest absolute Gasteiger partial charge is 0.376 e. The Morgan fingerprint density at radius 1 is 1.73 bits per heavy atom. The average molecular weight is 265 g/mol. The molecule has 11 heavy (non-hydrogen) atoms. The minimum Gasteiger partial charge on any atom is -0.376 e. The van der Waals surface area contributed by atoms with Crippen LogP contribution < -0.4 is 0 Å². The monoisotopic (exact) mass is 265 g/mol. The molecular weight excluding hydrogens is 249 g/mol. The highest BCUT2D eigenvalue weighted by atomic mass is 127. The highest BCUT2D eigenvalue weighted by molar-refractivity contribution is 14.2. The van der Waals surface area contributed by atoms with Gasteiger partial charge in [-0.2, -0.15) is 0 Å². The van der Waals surface area contributed by atoms with Gasteiger partial charge in [0.1, 0.15) is 0 Å². The quantitative estimate of drug-likeness (QED) is 0.546. The Morgan fingerprint density at radius 3 is 2.64 bits per heavy atom. The molecule has 1 rings (SSSR count). The summed E-state index contributed by atoms with van der Waals surface area (Å²) in [5.41, 5.74) is 0. The summed E-state index contributed by atoms with van der Waals surface area (Å²) in [6.45, 7) is 10.8. The van der Waals surface area contributed by atoms with Crippen LogP contribution in [-0.4, -0.2) is 25.9 Å². The highest BCUT2D eigenvalue weighted by Crippen LogP contribution is 2.38. The van der Waals surface area contributed by atoms with Crippen LogP contribution in [0.5, 0.6) is 0 Å². The van der Waals surface area contributed by atoms with Gasteiger partial charge in [0.15, 0.2) is 0 Å². The second-order valence-electron chi connectivity index (χ2n) is 3.42. The lowest BCUT2D eigenvalue weighted by atomic mass is 10.0. The molecule has 1 aliphatic rings. The zero-order chi connectivity index (χ0) is 8.48. The van der Waals surface area contributed by atoms with Gasteiger partial charge >= 0.3 is 0 Å². The second kappa shape index (κ2) is 3.25. The van der Waals surface area contributed by atoms with Crippen LogP contribution in [0.3, 0.4) is 0 Å². The minimum absolute atomic E-state index is 0.107. The van der Waals surface area contributed by atoms with E-state index in [0.717, 1.165) is 5.92 Å². The van der Waals surface area contributed by atoms with Crippen LogP contribution in [0.2, 0.25) is 0 Å². The van der Waals surface area contributed by atoms with Gasteiger partial charge in [-0.05, 0) is 19.0 Å². The van der Waals surface area contributed by atoms with E-state index >= 15 is 0 Å². The number of hydrogen-bond acceptors (Lipinski definition) is 1. The van der Waals surface area contributed by atoms with Crippen molar-refractivity contribution in [3.8, 4) is 0 Å². The third-order valence-corrected chi connectivity index (χ3v) is 5.76. The number of hydrogen-bond donors (Lipinski definition) is 0. The first kappa shape index (κ1) is 9.23. The standard InChI is InChI=1S/C9H16IN/c1-5-11-6-8(2)9(3,7-11)10-4/h5,8H,1,4,6-7H2,2-3H3. The first-order chi connectivity index (χ1) is 5.12. The molecule has 1 fully saturated rings. The summed E-state index contributed by atoms with van der Waals surface area (Å²) >= 11 is 0.107. The van der Waals surface area contributed by atoms with Crippen molar-refractivity contribution in [2.75, 3.05) is 13.1 Å². The van der Waals surface area contributed by atoms with E-state index in [-0.39, 0.29) is 20.7 Å². The molecule has 0 bridgehead atoms. The Bertz CT molecular complexity index is 178. The maximum atomic E-state index is 4.11. The van der Waals surface area contributed by atoms with Crippen molar-refractivity contribution < 1.29 is 0 Å². The average Bonchev–Trinajstić information content (AvgIpc) is 2.29. The molecule has 2 atom stereocenters. The molecule has 1 heterocycles. The molecule has 0 amide bonds. The van der Waals surface area contributed by atoms with Gasteiger partial charge in [0, 0.05) is 16.5 Å². The third kappa shape index (κ3) is 1.66. The van der Waals surface area contributed by atoms with Crippen LogP contribution in [0.25, 0.3) is 0 Å². The summed E-state index contributed by atoms with van der Waals surface area (Å²) in [7, 11) is 0. The Hall–Kier alpha value is 0.140. The van der Waals surface area contributed by atoms with Gasteiger partial charge in [0.2, 0.25) is 0 Å². The fourth-order valence-electron chi connectivity index (χ4n) is 1.47. The summed E-state index contributed by atoms with van der Waals surface area (Å²) in [6, 6.07) is 0. The summed E-state index contributed by atoms with van der Waals surface area (Å²) in [5.74, 6) is 0.797. The molecule has 0 radical (unpaired) electrons. The van der Waals surface area contributed by atoms with E-state index in [1.165, 1.54) is 13.1 Å². The normalized spacial score (nSPS) is 37.6. The summed E-state index contributed by atoms with van der Waals surface area (Å²) in [6.07, 6.45) is 1.96. The van der Waals surface area contributed by atoms with Gasteiger partial charge in [-0.3, -0.25) is 0 Å². The summed E-state index contributed by atoms with van der Waals surface area (Å²) in [5, 5.41) is 0. The number of alkyl halides is 1. The van der Waals surface area contributed by atoms with Crippen LogP contribution in [0.1, 0.15) is 13.8 Å². The predicted octanol–water partition coefficient (Wildman–Crippen LogP) is 2.24. The molecule has 2 unspecified atom stereocenters. The van der Waals surface area contributed by atoms with Crippen molar-refractivity contribution in [1.29, 1.82) is 0 Å². The molecule has 0 spiro atoms. The second-order valence-corrected chi connectivity index (χ2v) is 6.65. The van der Waals surface area contributed by atoms with Gasteiger partial charge in [0.25, 0.3) is 0 Å². The number of halogens is 1. The molecular formula is C9H16IN. The molecule has 64 valence electrons. The van der Waals surface area contributed by atoms with Gasteiger partial charge in [0.05, 0.1) is 0 Å². The van der Waals surface area contributed by atoms with E-state index < -0.39 is 0 Å². The zero-order valence-electron chi connectivity index (χ0n) is 7.31. The molecule has 0 N–H and O–H groups in total. The van der Waals surface area contributed by atoms with Crippen molar-refractivity contribution in [1.82, 2.24) is 4.90 Å². The zero-order valence-corrected chi connectivity index (χ0v) is 9.47. The molecule has 1 nitrogen and oxygen atoms in total.